The number of allylic oxidation sites excluding steroid dienone is 6. The molecule has 1 nitrogen and oxygen atoms in total. The Balaban J connectivity index is 1.21. The fourth-order valence-corrected chi connectivity index (χ4v) is 8.93. The van der Waals surface area contributed by atoms with E-state index in [9.17, 15) is 0 Å². The second-order valence-corrected chi connectivity index (χ2v) is 14.9. The van der Waals surface area contributed by atoms with Gasteiger partial charge in [0.1, 0.15) is 11.2 Å². The van der Waals surface area contributed by atoms with E-state index in [2.05, 4.69) is 161 Å². The van der Waals surface area contributed by atoms with Crippen molar-refractivity contribution in [1.29, 1.82) is 0 Å². The highest BCUT2D eigenvalue weighted by Crippen LogP contribution is 2.54. The minimum Gasteiger partial charge on any atom is -0.456 e. The van der Waals surface area contributed by atoms with Gasteiger partial charge in [-0.15, -0.1) is 0 Å². The number of furan rings is 1. The van der Waals surface area contributed by atoms with E-state index in [1.54, 1.807) is 0 Å². The summed E-state index contributed by atoms with van der Waals surface area (Å²) in [7, 11) is 0. The molecule has 1 heteroatoms. The Bertz CT molecular complexity index is 2810. The molecule has 0 saturated carbocycles. The van der Waals surface area contributed by atoms with Crippen molar-refractivity contribution in [3.05, 3.63) is 174 Å². The Labute approximate surface area is 305 Å². The molecule has 7 aromatic carbocycles. The van der Waals surface area contributed by atoms with Crippen LogP contribution in [0.5, 0.6) is 0 Å². The maximum atomic E-state index is 6.28. The molecule has 0 N–H and O–H groups in total. The first-order valence-corrected chi connectivity index (χ1v) is 18.4. The van der Waals surface area contributed by atoms with Crippen LogP contribution in [-0.2, 0) is 5.41 Å². The predicted octanol–water partition coefficient (Wildman–Crippen LogP) is 14.9. The minimum atomic E-state index is -0.161. The number of rotatable bonds is 7. The molecular weight excluding hydrogens is 629 g/mol. The van der Waals surface area contributed by atoms with Crippen molar-refractivity contribution < 1.29 is 4.42 Å². The summed E-state index contributed by atoms with van der Waals surface area (Å²) < 4.78 is 6.28. The van der Waals surface area contributed by atoms with E-state index < -0.39 is 0 Å². The van der Waals surface area contributed by atoms with Gasteiger partial charge in [0.15, 0.2) is 0 Å². The van der Waals surface area contributed by atoms with Gasteiger partial charge in [-0.25, -0.2) is 0 Å². The average Bonchev–Trinajstić information content (AvgIpc) is 3.66. The smallest absolute Gasteiger partial charge is 0.136 e. The van der Waals surface area contributed by atoms with Gasteiger partial charge in [-0.2, -0.15) is 0 Å². The quantitative estimate of drug-likeness (QED) is 0.121. The lowest BCUT2D eigenvalue weighted by Gasteiger charge is -2.23. The van der Waals surface area contributed by atoms with Gasteiger partial charge in [-0.1, -0.05) is 148 Å². The van der Waals surface area contributed by atoms with Gasteiger partial charge in [0, 0.05) is 16.2 Å². The molecule has 0 atom stereocenters. The lowest BCUT2D eigenvalue weighted by atomic mass is 9.79. The van der Waals surface area contributed by atoms with Crippen LogP contribution in [0.3, 0.4) is 0 Å². The van der Waals surface area contributed by atoms with Gasteiger partial charge >= 0.3 is 0 Å². The molecule has 1 aromatic heterocycles. The monoisotopic (exact) mass is 670 g/mol. The number of fused-ring (bicyclic) bond motifs is 11. The molecule has 8 aromatic rings. The van der Waals surface area contributed by atoms with Gasteiger partial charge < -0.3 is 4.42 Å². The molecule has 0 fully saturated rings. The molecule has 1 heterocycles. The highest BCUT2D eigenvalue weighted by molar-refractivity contribution is 6.21. The van der Waals surface area contributed by atoms with Crippen molar-refractivity contribution in [3.63, 3.8) is 0 Å². The van der Waals surface area contributed by atoms with Crippen molar-refractivity contribution in [2.24, 2.45) is 0 Å². The number of benzene rings is 7. The van der Waals surface area contributed by atoms with Crippen LogP contribution in [0.1, 0.15) is 57.2 Å². The Morgan fingerprint density at radius 2 is 1.31 bits per heavy atom. The standard InChI is InChI=1S/C51H42O/c1-7-8-15-31(2)32(3)22-23-33(4)47-35-16-9-11-18-37(35)48(38-19-12-10-17-36(38)47)34-24-28-44-43(30-34)41-26-25-39-40(50(41)51(44,5)6)27-29-46-49(39)42-20-13-14-21-45(42)52-46/h7-21,24-30H,3-4,22-23H2,1-2,5-6H3/b8-7-,31-15+. The first-order chi connectivity index (χ1) is 25.3. The summed E-state index contributed by atoms with van der Waals surface area (Å²) in [6.45, 7) is 18.0. The normalized spacial score (nSPS) is 13.9. The zero-order chi connectivity index (χ0) is 35.7. The van der Waals surface area contributed by atoms with Crippen LogP contribution < -0.4 is 0 Å². The van der Waals surface area contributed by atoms with Gasteiger partial charge in [-0.3, -0.25) is 0 Å². The zero-order valence-electron chi connectivity index (χ0n) is 30.4. The van der Waals surface area contributed by atoms with Crippen LogP contribution in [0.15, 0.2) is 162 Å². The second kappa shape index (κ2) is 12.1. The Hall–Kier alpha value is -5.92. The summed E-state index contributed by atoms with van der Waals surface area (Å²) in [5.41, 5.74) is 14.4. The molecule has 0 saturated heterocycles. The van der Waals surface area contributed by atoms with Crippen LogP contribution >= 0.6 is 0 Å². The Morgan fingerprint density at radius 1 is 0.654 bits per heavy atom. The second-order valence-electron chi connectivity index (χ2n) is 14.9. The van der Waals surface area contributed by atoms with Gasteiger partial charge in [0.25, 0.3) is 0 Å². The molecule has 0 radical (unpaired) electrons. The first kappa shape index (κ1) is 32.0. The third-order valence-electron chi connectivity index (χ3n) is 11.5. The minimum absolute atomic E-state index is 0.161. The predicted molar refractivity (Wildman–Crippen MR) is 225 cm³/mol. The van der Waals surface area contributed by atoms with Crippen molar-refractivity contribution in [2.45, 2.75) is 46.0 Å². The Kier molecular flexibility index (Phi) is 7.45. The van der Waals surface area contributed by atoms with Crippen LogP contribution in [0.2, 0.25) is 0 Å². The van der Waals surface area contributed by atoms with Crippen LogP contribution in [0.25, 0.3) is 82.1 Å². The summed E-state index contributed by atoms with van der Waals surface area (Å²) >= 11 is 0. The Morgan fingerprint density at radius 3 is 2.02 bits per heavy atom. The van der Waals surface area contributed by atoms with E-state index in [4.69, 9.17) is 4.42 Å². The topological polar surface area (TPSA) is 13.1 Å². The summed E-state index contributed by atoms with van der Waals surface area (Å²) in [6.07, 6.45) is 8.00. The van der Waals surface area contributed by atoms with Gasteiger partial charge in [0.2, 0.25) is 0 Å². The molecule has 0 bridgehead atoms. The molecule has 1 aliphatic carbocycles. The number of para-hydroxylation sites is 1. The molecule has 52 heavy (non-hydrogen) atoms. The first-order valence-electron chi connectivity index (χ1n) is 18.4. The maximum absolute atomic E-state index is 6.28. The molecule has 0 spiro atoms. The van der Waals surface area contributed by atoms with E-state index >= 15 is 0 Å². The van der Waals surface area contributed by atoms with E-state index in [-0.39, 0.29) is 5.41 Å². The van der Waals surface area contributed by atoms with E-state index in [1.165, 1.54) is 87.6 Å². The summed E-state index contributed by atoms with van der Waals surface area (Å²) in [5, 5.41) is 9.93. The lowest BCUT2D eigenvalue weighted by molar-refractivity contribution is 0.665. The zero-order valence-corrected chi connectivity index (χ0v) is 30.4. The molecule has 0 aliphatic heterocycles. The highest BCUT2D eigenvalue weighted by atomic mass is 16.3. The molecular formula is C51H42O. The van der Waals surface area contributed by atoms with Gasteiger partial charge in [-0.05, 0) is 127 Å². The van der Waals surface area contributed by atoms with Crippen molar-refractivity contribution in [3.8, 4) is 22.3 Å². The van der Waals surface area contributed by atoms with Crippen LogP contribution in [-0.4, -0.2) is 0 Å². The molecule has 9 rings (SSSR count). The van der Waals surface area contributed by atoms with Crippen molar-refractivity contribution >= 4 is 59.8 Å². The third-order valence-corrected chi connectivity index (χ3v) is 11.5. The van der Waals surface area contributed by atoms with Crippen molar-refractivity contribution in [2.75, 3.05) is 0 Å². The fraction of sp³-hybridized carbons (Fsp3) is 0.137. The molecule has 1 aliphatic rings. The third kappa shape index (κ3) is 4.76. The highest BCUT2D eigenvalue weighted by Gasteiger charge is 2.37. The average molecular weight is 671 g/mol. The van der Waals surface area contributed by atoms with Crippen LogP contribution in [0.4, 0.5) is 0 Å². The summed E-state index contributed by atoms with van der Waals surface area (Å²) in [6, 6.07) is 42.4. The summed E-state index contributed by atoms with van der Waals surface area (Å²) in [4.78, 5) is 0. The molecule has 0 unspecified atom stereocenters. The number of hydrogen-bond donors (Lipinski definition) is 0. The van der Waals surface area contributed by atoms with Crippen molar-refractivity contribution in [1.82, 2.24) is 0 Å². The maximum Gasteiger partial charge on any atom is 0.136 e. The molecule has 0 amide bonds. The largest absolute Gasteiger partial charge is 0.456 e. The lowest BCUT2D eigenvalue weighted by Crippen LogP contribution is -2.15. The summed E-state index contributed by atoms with van der Waals surface area (Å²) in [5.74, 6) is 0. The van der Waals surface area contributed by atoms with Gasteiger partial charge in [0.05, 0.1) is 0 Å². The van der Waals surface area contributed by atoms with Crippen LogP contribution in [0, 0.1) is 0 Å². The van der Waals surface area contributed by atoms with E-state index in [0.717, 1.165) is 35.2 Å². The van der Waals surface area contributed by atoms with E-state index in [1.807, 2.05) is 13.0 Å². The fourth-order valence-electron chi connectivity index (χ4n) is 8.93. The number of hydrogen-bond acceptors (Lipinski definition) is 1. The SMILES string of the molecule is C=C(CCC(=C)c1c2ccccc2c(-c2ccc3c(c2)-c2ccc4c(ccc5oc6ccccc6c54)c2C3(C)C)c2ccccc12)/C(C)=C/C=C\C. The molecule has 252 valence electrons. The van der Waals surface area contributed by atoms with E-state index in [0.29, 0.717) is 0 Å².